The molecule has 0 amide bonds. The Hall–Kier alpha value is -1.10. The lowest BCUT2D eigenvalue weighted by Crippen LogP contribution is -3.16. The summed E-state index contributed by atoms with van der Waals surface area (Å²) >= 11 is 0. The van der Waals surface area contributed by atoms with Gasteiger partial charge in [0.2, 0.25) is 5.95 Å². The molecule has 1 aromatic heterocycles. The molecule has 0 saturated heterocycles. The molecule has 1 aromatic rings. The van der Waals surface area contributed by atoms with Gasteiger partial charge in [0.15, 0.2) is 13.3 Å². The van der Waals surface area contributed by atoms with Gasteiger partial charge in [-0.05, 0) is 25.7 Å². The molecule has 0 spiro atoms. The fraction of sp³-hybridized carbons (Fsp3) is 0.818. The standard InChI is InChI=1S/C11H19N5/c1-2-4-6-10(5-3-1)15-8-13-11-12-7-14-16(11)9-15/h7,10H,1-6,8-9H2,(H,12,13,14)/p+1. The number of hydrogen-bond donors (Lipinski definition) is 2. The first-order chi connectivity index (χ1) is 7.93. The zero-order chi connectivity index (χ0) is 10.8. The summed E-state index contributed by atoms with van der Waals surface area (Å²) < 4.78 is 1.99. The van der Waals surface area contributed by atoms with Crippen LogP contribution in [-0.4, -0.2) is 27.5 Å². The molecule has 0 radical (unpaired) electrons. The molecule has 1 atom stereocenters. The minimum atomic E-state index is 0.812. The Morgan fingerprint density at radius 3 is 2.88 bits per heavy atom. The highest BCUT2D eigenvalue weighted by Gasteiger charge is 2.27. The van der Waals surface area contributed by atoms with Crippen molar-refractivity contribution >= 4 is 5.95 Å². The highest BCUT2D eigenvalue weighted by atomic mass is 15.5. The van der Waals surface area contributed by atoms with Gasteiger partial charge in [-0.3, -0.25) is 4.90 Å². The second kappa shape index (κ2) is 4.41. The summed E-state index contributed by atoms with van der Waals surface area (Å²) in [5.74, 6) is 0.928. The van der Waals surface area contributed by atoms with Crippen LogP contribution in [0.3, 0.4) is 0 Å². The van der Waals surface area contributed by atoms with Crippen LogP contribution in [0.5, 0.6) is 0 Å². The molecule has 0 aromatic carbocycles. The topological polar surface area (TPSA) is 47.2 Å². The van der Waals surface area contributed by atoms with Crippen molar-refractivity contribution in [1.29, 1.82) is 0 Å². The van der Waals surface area contributed by atoms with Gasteiger partial charge in [-0.15, -0.1) is 0 Å². The third-order valence-electron chi connectivity index (χ3n) is 3.87. The first kappa shape index (κ1) is 10.1. The van der Waals surface area contributed by atoms with Gasteiger partial charge in [0.05, 0.1) is 6.04 Å². The summed E-state index contributed by atoms with van der Waals surface area (Å²) in [4.78, 5) is 5.81. The number of aromatic nitrogens is 3. The Morgan fingerprint density at radius 1 is 1.25 bits per heavy atom. The average molecular weight is 222 g/mol. The van der Waals surface area contributed by atoms with E-state index in [1.165, 1.54) is 38.5 Å². The largest absolute Gasteiger partial charge is 0.307 e. The van der Waals surface area contributed by atoms with E-state index in [0.29, 0.717) is 0 Å². The summed E-state index contributed by atoms with van der Waals surface area (Å²) in [5.41, 5.74) is 0. The van der Waals surface area contributed by atoms with Gasteiger partial charge < -0.3 is 5.32 Å². The summed E-state index contributed by atoms with van der Waals surface area (Å²) in [5, 5.41) is 7.61. The van der Waals surface area contributed by atoms with Gasteiger partial charge in [-0.2, -0.15) is 14.8 Å². The van der Waals surface area contributed by atoms with E-state index < -0.39 is 0 Å². The summed E-state index contributed by atoms with van der Waals surface area (Å²) in [6.45, 7) is 1.98. The third-order valence-corrected chi connectivity index (χ3v) is 3.87. The molecule has 5 nitrogen and oxygen atoms in total. The Labute approximate surface area is 95.8 Å². The van der Waals surface area contributed by atoms with Gasteiger partial charge in [0, 0.05) is 0 Å². The maximum atomic E-state index is 4.25. The SMILES string of the molecule is c1nc2n(n1)C[NH+](C1CCCCCC1)CN2. The van der Waals surface area contributed by atoms with E-state index in [-0.39, 0.29) is 0 Å². The van der Waals surface area contributed by atoms with E-state index in [2.05, 4.69) is 15.4 Å². The van der Waals surface area contributed by atoms with E-state index in [1.807, 2.05) is 4.68 Å². The molecular weight excluding hydrogens is 202 g/mol. The highest BCUT2D eigenvalue weighted by Crippen LogP contribution is 2.16. The van der Waals surface area contributed by atoms with Gasteiger partial charge in [-0.25, -0.2) is 0 Å². The number of fused-ring (bicyclic) bond motifs is 1. The van der Waals surface area contributed by atoms with E-state index in [0.717, 1.165) is 25.3 Å². The molecule has 2 heterocycles. The molecule has 1 unspecified atom stereocenters. The quantitative estimate of drug-likeness (QED) is 0.669. The molecule has 1 saturated carbocycles. The monoisotopic (exact) mass is 222 g/mol. The minimum absolute atomic E-state index is 0.812. The van der Waals surface area contributed by atoms with Crippen LogP contribution in [0.25, 0.3) is 0 Å². The molecule has 5 heteroatoms. The van der Waals surface area contributed by atoms with Crippen LogP contribution in [0.2, 0.25) is 0 Å². The van der Waals surface area contributed by atoms with Crippen LogP contribution in [0.4, 0.5) is 5.95 Å². The number of rotatable bonds is 1. The predicted molar refractivity (Wildman–Crippen MR) is 61.0 cm³/mol. The summed E-state index contributed by atoms with van der Waals surface area (Å²) in [7, 11) is 0. The highest BCUT2D eigenvalue weighted by molar-refractivity contribution is 5.22. The minimum Gasteiger partial charge on any atom is -0.307 e. The number of nitrogens with zero attached hydrogens (tertiary/aromatic N) is 3. The first-order valence-electron chi connectivity index (χ1n) is 6.40. The van der Waals surface area contributed by atoms with E-state index >= 15 is 0 Å². The van der Waals surface area contributed by atoms with Crippen molar-refractivity contribution in [2.45, 2.75) is 51.2 Å². The fourth-order valence-electron chi connectivity index (χ4n) is 2.92. The van der Waals surface area contributed by atoms with Crippen molar-refractivity contribution in [1.82, 2.24) is 14.8 Å². The Balaban J connectivity index is 1.68. The van der Waals surface area contributed by atoms with Gasteiger partial charge in [0.1, 0.15) is 6.33 Å². The summed E-state index contributed by atoms with van der Waals surface area (Å²) in [6, 6.07) is 0.812. The molecule has 3 rings (SSSR count). The molecule has 1 aliphatic heterocycles. The van der Waals surface area contributed by atoms with E-state index in [9.17, 15) is 0 Å². The number of nitrogens with one attached hydrogen (secondary N) is 2. The van der Waals surface area contributed by atoms with E-state index in [4.69, 9.17) is 0 Å². The Morgan fingerprint density at radius 2 is 2.06 bits per heavy atom. The molecule has 0 bridgehead atoms. The number of hydrogen-bond acceptors (Lipinski definition) is 3. The molecule has 1 aliphatic carbocycles. The van der Waals surface area contributed by atoms with Crippen LogP contribution in [-0.2, 0) is 6.67 Å². The van der Waals surface area contributed by atoms with Crippen molar-refractivity contribution in [3.63, 3.8) is 0 Å². The van der Waals surface area contributed by atoms with Crippen molar-refractivity contribution in [2.75, 3.05) is 12.0 Å². The van der Waals surface area contributed by atoms with E-state index in [1.54, 1.807) is 11.2 Å². The molecule has 16 heavy (non-hydrogen) atoms. The smallest absolute Gasteiger partial charge is 0.230 e. The van der Waals surface area contributed by atoms with Crippen LogP contribution >= 0.6 is 0 Å². The van der Waals surface area contributed by atoms with Crippen LogP contribution in [0.1, 0.15) is 38.5 Å². The molecular formula is C11H20N5+. The van der Waals surface area contributed by atoms with Crippen LogP contribution < -0.4 is 10.2 Å². The normalized spacial score (nSPS) is 26.9. The van der Waals surface area contributed by atoms with Crippen LogP contribution in [0.15, 0.2) is 6.33 Å². The van der Waals surface area contributed by atoms with Gasteiger partial charge >= 0.3 is 0 Å². The van der Waals surface area contributed by atoms with Crippen molar-refractivity contribution < 1.29 is 4.90 Å². The zero-order valence-corrected chi connectivity index (χ0v) is 9.65. The maximum absolute atomic E-state index is 4.25. The lowest BCUT2D eigenvalue weighted by molar-refractivity contribution is -0.947. The van der Waals surface area contributed by atoms with Gasteiger partial charge in [0.25, 0.3) is 0 Å². The van der Waals surface area contributed by atoms with Gasteiger partial charge in [-0.1, -0.05) is 12.8 Å². The lowest BCUT2D eigenvalue weighted by Gasteiger charge is -2.31. The number of anilines is 1. The first-order valence-corrected chi connectivity index (χ1v) is 6.40. The van der Waals surface area contributed by atoms with Crippen molar-refractivity contribution in [2.24, 2.45) is 0 Å². The Bertz CT molecular complexity index is 340. The van der Waals surface area contributed by atoms with Crippen molar-refractivity contribution in [3.8, 4) is 0 Å². The predicted octanol–water partition coefficient (Wildman–Crippen LogP) is 0.226. The Kier molecular flexibility index (Phi) is 2.78. The summed E-state index contributed by atoms with van der Waals surface area (Å²) in [6.07, 6.45) is 10.0. The molecule has 2 aliphatic rings. The molecule has 1 fully saturated rings. The average Bonchev–Trinajstić information content (AvgIpc) is 2.61. The lowest BCUT2D eigenvalue weighted by atomic mass is 10.1. The molecule has 2 N–H and O–H groups in total. The molecule has 88 valence electrons. The third kappa shape index (κ3) is 1.91. The second-order valence-corrected chi connectivity index (χ2v) is 4.94. The zero-order valence-electron chi connectivity index (χ0n) is 9.65. The fourth-order valence-corrected chi connectivity index (χ4v) is 2.92. The van der Waals surface area contributed by atoms with Crippen LogP contribution in [0, 0.1) is 0 Å². The van der Waals surface area contributed by atoms with Crippen molar-refractivity contribution in [3.05, 3.63) is 6.33 Å². The second-order valence-electron chi connectivity index (χ2n) is 4.94. The number of quaternary nitrogens is 1. The maximum Gasteiger partial charge on any atom is 0.230 e.